The zero-order valence-corrected chi connectivity index (χ0v) is 15.2. The van der Waals surface area contributed by atoms with Crippen molar-refractivity contribution in [3.05, 3.63) is 30.1 Å². The van der Waals surface area contributed by atoms with Crippen molar-refractivity contribution in [2.24, 2.45) is 5.92 Å². The van der Waals surface area contributed by atoms with E-state index >= 15 is 0 Å². The van der Waals surface area contributed by atoms with E-state index in [-0.39, 0.29) is 11.8 Å². The van der Waals surface area contributed by atoms with Crippen LogP contribution in [0.1, 0.15) is 18.4 Å². The smallest absolute Gasteiger partial charge is 0.234 e. The van der Waals surface area contributed by atoms with Crippen LogP contribution in [0, 0.1) is 5.92 Å². The zero-order chi connectivity index (χ0) is 18.2. The van der Waals surface area contributed by atoms with Crippen molar-refractivity contribution in [3.63, 3.8) is 0 Å². The molecule has 0 spiro atoms. The van der Waals surface area contributed by atoms with Gasteiger partial charge >= 0.3 is 0 Å². The van der Waals surface area contributed by atoms with Crippen LogP contribution in [0.5, 0.6) is 0 Å². The molecule has 1 aromatic heterocycles. The Hall–Kier alpha value is -1.99. The number of piperidine rings is 1. The van der Waals surface area contributed by atoms with Gasteiger partial charge in [-0.2, -0.15) is 0 Å². The number of amides is 2. The highest BCUT2D eigenvalue weighted by Crippen LogP contribution is 2.17. The first kappa shape index (κ1) is 18.8. The van der Waals surface area contributed by atoms with Gasteiger partial charge in [-0.1, -0.05) is 0 Å². The largest absolute Gasteiger partial charge is 0.379 e. The monoisotopic (exact) mass is 360 g/mol. The number of rotatable bonds is 6. The molecule has 2 saturated heterocycles. The fourth-order valence-corrected chi connectivity index (χ4v) is 3.45. The van der Waals surface area contributed by atoms with Gasteiger partial charge in [0.15, 0.2) is 0 Å². The van der Waals surface area contributed by atoms with Crippen LogP contribution in [0.25, 0.3) is 0 Å². The molecule has 1 N–H and O–H groups in total. The molecule has 0 aromatic carbocycles. The van der Waals surface area contributed by atoms with Crippen LogP contribution in [-0.4, -0.2) is 79.1 Å². The van der Waals surface area contributed by atoms with E-state index < -0.39 is 0 Å². The second kappa shape index (κ2) is 9.64. The highest BCUT2D eigenvalue weighted by molar-refractivity contribution is 5.79. The van der Waals surface area contributed by atoms with Crippen molar-refractivity contribution < 1.29 is 14.3 Å². The van der Waals surface area contributed by atoms with Crippen LogP contribution in [0.3, 0.4) is 0 Å². The van der Waals surface area contributed by atoms with Crippen molar-refractivity contribution in [1.29, 1.82) is 0 Å². The third-order valence-electron chi connectivity index (χ3n) is 5.13. The molecule has 2 amide bonds. The summed E-state index contributed by atoms with van der Waals surface area (Å²) in [5.74, 6) is 0.711. The highest BCUT2D eigenvalue weighted by Gasteiger charge is 2.23. The van der Waals surface area contributed by atoms with Gasteiger partial charge in [0, 0.05) is 45.1 Å². The molecule has 26 heavy (non-hydrogen) atoms. The number of hydrogen-bond donors (Lipinski definition) is 1. The number of ether oxygens (including phenoxy) is 1. The molecule has 0 radical (unpaired) electrons. The lowest BCUT2D eigenvalue weighted by atomic mass is 9.96. The summed E-state index contributed by atoms with van der Waals surface area (Å²) in [6.07, 6.45) is 5.76. The van der Waals surface area contributed by atoms with E-state index in [4.69, 9.17) is 4.74 Å². The molecular weight excluding hydrogens is 332 g/mol. The van der Waals surface area contributed by atoms with Gasteiger partial charge in [-0.3, -0.25) is 19.5 Å². The van der Waals surface area contributed by atoms with Gasteiger partial charge < -0.3 is 15.0 Å². The van der Waals surface area contributed by atoms with E-state index in [0.29, 0.717) is 38.6 Å². The molecule has 0 bridgehead atoms. The molecule has 2 fully saturated rings. The van der Waals surface area contributed by atoms with Crippen molar-refractivity contribution >= 4 is 11.8 Å². The number of hydrogen-bond acceptors (Lipinski definition) is 5. The van der Waals surface area contributed by atoms with Gasteiger partial charge in [0.2, 0.25) is 11.8 Å². The Morgan fingerprint density at radius 3 is 2.50 bits per heavy atom. The summed E-state index contributed by atoms with van der Waals surface area (Å²) < 4.78 is 5.29. The van der Waals surface area contributed by atoms with Crippen LogP contribution < -0.4 is 5.32 Å². The second-order valence-electron chi connectivity index (χ2n) is 7.05. The minimum atomic E-state index is 0.0862. The molecule has 3 heterocycles. The first-order chi connectivity index (χ1) is 12.7. The minimum Gasteiger partial charge on any atom is -0.379 e. The summed E-state index contributed by atoms with van der Waals surface area (Å²) in [5.41, 5.74) is 1.00. The fraction of sp³-hybridized carbons (Fsp3) is 0.632. The summed E-state index contributed by atoms with van der Waals surface area (Å²) in [7, 11) is 0. The van der Waals surface area contributed by atoms with Crippen LogP contribution >= 0.6 is 0 Å². The van der Waals surface area contributed by atoms with Crippen LogP contribution in [0.15, 0.2) is 24.5 Å². The average molecular weight is 360 g/mol. The first-order valence-electron chi connectivity index (χ1n) is 9.44. The molecule has 0 saturated carbocycles. The number of nitrogens with zero attached hydrogens (tertiary/aromatic N) is 3. The summed E-state index contributed by atoms with van der Waals surface area (Å²) in [6, 6.07) is 3.77. The van der Waals surface area contributed by atoms with Crippen LogP contribution in [0.2, 0.25) is 0 Å². The number of carbonyl (C=O) groups is 2. The summed E-state index contributed by atoms with van der Waals surface area (Å²) >= 11 is 0. The lowest BCUT2D eigenvalue weighted by Crippen LogP contribution is -2.45. The molecule has 2 aliphatic heterocycles. The number of aromatic nitrogens is 1. The quantitative estimate of drug-likeness (QED) is 0.790. The zero-order valence-electron chi connectivity index (χ0n) is 15.2. The van der Waals surface area contributed by atoms with E-state index in [9.17, 15) is 9.59 Å². The van der Waals surface area contributed by atoms with Crippen molar-refractivity contribution in [2.45, 2.75) is 19.3 Å². The number of pyridine rings is 1. The molecule has 7 nitrogen and oxygen atoms in total. The Labute approximate surface area is 154 Å². The number of morpholine rings is 1. The molecule has 1 aromatic rings. The maximum Gasteiger partial charge on any atom is 0.234 e. The summed E-state index contributed by atoms with van der Waals surface area (Å²) in [4.78, 5) is 32.5. The van der Waals surface area contributed by atoms with Gasteiger partial charge in [-0.25, -0.2) is 0 Å². The molecular formula is C19H28N4O3. The Morgan fingerprint density at radius 2 is 1.81 bits per heavy atom. The molecule has 0 unspecified atom stereocenters. The average Bonchev–Trinajstić information content (AvgIpc) is 2.68. The lowest BCUT2D eigenvalue weighted by Gasteiger charge is -2.32. The SMILES string of the molecule is O=C(CN1CCOCC1)NCC1CCN(C(=O)Cc2ccncc2)CC1. The third-order valence-corrected chi connectivity index (χ3v) is 5.13. The van der Waals surface area contributed by atoms with E-state index in [1.807, 2.05) is 17.0 Å². The predicted molar refractivity (Wildman–Crippen MR) is 97.5 cm³/mol. The normalized spacial score (nSPS) is 19.3. The van der Waals surface area contributed by atoms with Crippen molar-refractivity contribution in [3.8, 4) is 0 Å². The van der Waals surface area contributed by atoms with Crippen LogP contribution in [0.4, 0.5) is 0 Å². The fourth-order valence-electron chi connectivity index (χ4n) is 3.45. The Bertz CT molecular complexity index is 582. The van der Waals surface area contributed by atoms with Gasteiger partial charge in [0.05, 0.1) is 26.2 Å². The Balaban J connectivity index is 1.33. The van der Waals surface area contributed by atoms with E-state index in [2.05, 4.69) is 15.2 Å². The van der Waals surface area contributed by atoms with E-state index in [1.54, 1.807) is 12.4 Å². The molecule has 0 aliphatic carbocycles. The van der Waals surface area contributed by atoms with Gasteiger partial charge in [0.1, 0.15) is 0 Å². The lowest BCUT2D eigenvalue weighted by molar-refractivity contribution is -0.132. The number of nitrogens with one attached hydrogen (secondary N) is 1. The first-order valence-corrected chi connectivity index (χ1v) is 9.44. The Morgan fingerprint density at radius 1 is 1.12 bits per heavy atom. The third kappa shape index (κ3) is 5.78. The van der Waals surface area contributed by atoms with Gasteiger partial charge in [0.25, 0.3) is 0 Å². The maximum absolute atomic E-state index is 12.4. The van der Waals surface area contributed by atoms with Gasteiger partial charge in [-0.05, 0) is 36.5 Å². The number of carbonyl (C=O) groups excluding carboxylic acids is 2. The van der Waals surface area contributed by atoms with Crippen molar-refractivity contribution in [2.75, 3.05) is 52.5 Å². The van der Waals surface area contributed by atoms with E-state index in [0.717, 1.165) is 44.6 Å². The maximum atomic E-state index is 12.4. The molecule has 0 atom stereocenters. The number of likely N-dealkylation sites (tertiary alicyclic amines) is 1. The molecule has 3 rings (SSSR count). The molecule has 2 aliphatic rings. The second-order valence-corrected chi connectivity index (χ2v) is 7.05. The molecule has 142 valence electrons. The summed E-state index contributed by atoms with van der Waals surface area (Å²) in [5, 5.41) is 3.05. The van der Waals surface area contributed by atoms with Gasteiger partial charge in [-0.15, -0.1) is 0 Å². The van der Waals surface area contributed by atoms with Crippen LogP contribution in [-0.2, 0) is 20.7 Å². The predicted octanol–water partition coefficient (Wildman–Crippen LogP) is 0.311. The standard InChI is InChI=1S/C19H28N4O3/c24-18(15-22-9-11-26-12-10-22)21-14-17-3-7-23(8-4-17)19(25)13-16-1-5-20-6-2-16/h1-2,5-6,17H,3-4,7-15H2,(H,21,24). The summed E-state index contributed by atoms with van der Waals surface area (Å²) in [6.45, 7) is 5.76. The van der Waals surface area contributed by atoms with Crippen molar-refractivity contribution in [1.82, 2.24) is 20.1 Å². The highest BCUT2D eigenvalue weighted by atomic mass is 16.5. The van der Waals surface area contributed by atoms with E-state index in [1.165, 1.54) is 0 Å². The minimum absolute atomic E-state index is 0.0862. The molecule has 7 heteroatoms. The topological polar surface area (TPSA) is 74.8 Å². The Kier molecular flexibility index (Phi) is 6.96.